The van der Waals surface area contributed by atoms with Crippen molar-refractivity contribution in [3.63, 3.8) is 0 Å². The summed E-state index contributed by atoms with van der Waals surface area (Å²) in [5.41, 5.74) is 0.727. The predicted octanol–water partition coefficient (Wildman–Crippen LogP) is 1.48. The number of carbonyl (C=O) groups excluding carboxylic acids is 1. The molecule has 7 nitrogen and oxygen atoms in total. The van der Waals surface area contributed by atoms with E-state index >= 15 is 0 Å². The molecule has 0 saturated heterocycles. The number of carbonyl (C=O) groups is 1. The number of amides is 1. The highest BCUT2D eigenvalue weighted by molar-refractivity contribution is 5.78. The summed E-state index contributed by atoms with van der Waals surface area (Å²) in [7, 11) is 1.68. The lowest BCUT2D eigenvalue weighted by atomic mass is 10.1. The minimum Gasteiger partial charge on any atom is -0.314 e. The Hall–Kier alpha value is -2.44. The number of aromatic nitrogens is 2. The summed E-state index contributed by atoms with van der Waals surface area (Å²) in [6.45, 7) is -0.0183. The Kier molecular flexibility index (Phi) is 3.74. The van der Waals surface area contributed by atoms with Crippen LogP contribution < -0.4 is 0 Å². The predicted molar refractivity (Wildman–Crippen MR) is 68.1 cm³/mol. The van der Waals surface area contributed by atoms with Crippen LogP contribution in [0.1, 0.15) is 12.8 Å². The zero-order valence-electron chi connectivity index (χ0n) is 10.5. The van der Waals surface area contributed by atoms with Crippen molar-refractivity contribution in [3.8, 4) is 0 Å². The third-order valence-electron chi connectivity index (χ3n) is 2.86. The van der Waals surface area contributed by atoms with E-state index in [1.54, 1.807) is 7.05 Å². The Bertz CT molecular complexity index is 559. The van der Waals surface area contributed by atoms with Crippen LogP contribution in [-0.4, -0.2) is 32.6 Å². The van der Waals surface area contributed by atoms with E-state index in [-0.39, 0.29) is 18.1 Å². The van der Waals surface area contributed by atoms with Crippen LogP contribution in [-0.2, 0) is 11.3 Å². The lowest BCUT2D eigenvalue weighted by molar-refractivity contribution is -0.385. The number of allylic oxidation sites excluding steroid dienone is 3. The fourth-order valence-corrected chi connectivity index (χ4v) is 1.77. The highest BCUT2D eigenvalue weighted by atomic mass is 16.6. The summed E-state index contributed by atoms with van der Waals surface area (Å²) < 4.78 is 1.27. The molecule has 0 N–H and O–H groups in total. The first-order valence-corrected chi connectivity index (χ1v) is 5.88. The topological polar surface area (TPSA) is 81.3 Å². The van der Waals surface area contributed by atoms with Crippen LogP contribution in [0.15, 0.2) is 36.3 Å². The van der Waals surface area contributed by atoms with Crippen molar-refractivity contribution in [1.82, 2.24) is 14.7 Å². The van der Waals surface area contributed by atoms with Gasteiger partial charge in [0.1, 0.15) is 18.9 Å². The van der Waals surface area contributed by atoms with Gasteiger partial charge in [0.05, 0.1) is 4.92 Å². The number of hydrogen-bond donors (Lipinski definition) is 0. The maximum atomic E-state index is 12.0. The second-order valence-electron chi connectivity index (χ2n) is 4.21. The molecular weight excluding hydrogens is 248 g/mol. The van der Waals surface area contributed by atoms with Gasteiger partial charge in [0.2, 0.25) is 5.91 Å². The smallest absolute Gasteiger partial charge is 0.307 e. The monoisotopic (exact) mass is 262 g/mol. The third-order valence-corrected chi connectivity index (χ3v) is 2.86. The molecule has 1 aromatic heterocycles. The van der Waals surface area contributed by atoms with Crippen molar-refractivity contribution in [1.29, 1.82) is 0 Å². The molecule has 0 spiro atoms. The zero-order chi connectivity index (χ0) is 13.8. The summed E-state index contributed by atoms with van der Waals surface area (Å²) in [6, 6.07) is 0. The van der Waals surface area contributed by atoms with E-state index in [0.29, 0.717) is 0 Å². The van der Waals surface area contributed by atoms with Crippen molar-refractivity contribution in [2.75, 3.05) is 7.05 Å². The van der Waals surface area contributed by atoms with Crippen LogP contribution in [0.5, 0.6) is 0 Å². The molecule has 0 fully saturated rings. The quantitative estimate of drug-likeness (QED) is 0.608. The molecule has 1 aromatic rings. The molecule has 100 valence electrons. The molecule has 0 aromatic carbocycles. The lowest BCUT2D eigenvalue weighted by Gasteiger charge is -2.20. The fraction of sp³-hybridized carbons (Fsp3) is 0.333. The van der Waals surface area contributed by atoms with E-state index in [1.807, 2.05) is 18.2 Å². The van der Waals surface area contributed by atoms with Gasteiger partial charge in [-0.05, 0) is 18.9 Å². The van der Waals surface area contributed by atoms with Gasteiger partial charge in [-0.15, -0.1) is 0 Å². The largest absolute Gasteiger partial charge is 0.314 e. The summed E-state index contributed by atoms with van der Waals surface area (Å²) in [4.78, 5) is 23.5. The molecule has 2 rings (SSSR count). The van der Waals surface area contributed by atoms with Gasteiger partial charge < -0.3 is 4.90 Å². The van der Waals surface area contributed by atoms with Gasteiger partial charge in [0.25, 0.3) is 0 Å². The van der Waals surface area contributed by atoms with Gasteiger partial charge in [0, 0.05) is 12.7 Å². The molecule has 0 saturated carbocycles. The number of rotatable bonds is 4. The molecule has 0 bridgehead atoms. The van der Waals surface area contributed by atoms with E-state index in [2.05, 4.69) is 5.10 Å². The highest BCUT2D eigenvalue weighted by Crippen LogP contribution is 2.14. The van der Waals surface area contributed by atoms with Crippen LogP contribution in [0, 0.1) is 10.1 Å². The molecule has 7 heteroatoms. The van der Waals surface area contributed by atoms with Gasteiger partial charge >= 0.3 is 5.69 Å². The average molecular weight is 262 g/mol. The molecule has 0 atom stereocenters. The van der Waals surface area contributed by atoms with Crippen molar-refractivity contribution in [3.05, 3.63) is 46.4 Å². The summed E-state index contributed by atoms with van der Waals surface area (Å²) in [6.07, 6.45) is 10.2. The SMILES string of the molecule is CN(C(=O)Cn1cc([N+](=O)[O-])cn1)C1=CCCC=C1. The first-order chi connectivity index (χ1) is 9.08. The Morgan fingerprint density at radius 1 is 1.58 bits per heavy atom. The maximum Gasteiger partial charge on any atom is 0.307 e. The lowest BCUT2D eigenvalue weighted by Crippen LogP contribution is -2.29. The molecule has 0 radical (unpaired) electrons. The van der Waals surface area contributed by atoms with Crippen LogP contribution in [0.2, 0.25) is 0 Å². The normalized spacial score (nSPS) is 14.1. The Morgan fingerprint density at radius 3 is 2.95 bits per heavy atom. The van der Waals surface area contributed by atoms with Crippen molar-refractivity contribution < 1.29 is 9.72 Å². The van der Waals surface area contributed by atoms with E-state index in [0.717, 1.165) is 24.7 Å². The molecule has 19 heavy (non-hydrogen) atoms. The molecule has 1 amide bonds. The van der Waals surface area contributed by atoms with Crippen LogP contribution in [0.4, 0.5) is 5.69 Å². The van der Waals surface area contributed by atoms with Crippen LogP contribution in [0.3, 0.4) is 0 Å². The maximum absolute atomic E-state index is 12.0. The van der Waals surface area contributed by atoms with Crippen LogP contribution >= 0.6 is 0 Å². The van der Waals surface area contributed by atoms with Gasteiger partial charge in [-0.2, -0.15) is 5.10 Å². The average Bonchev–Trinajstić information content (AvgIpc) is 2.87. The Balaban J connectivity index is 2.01. The number of likely N-dealkylation sites (N-methyl/N-ethyl adjacent to an activating group) is 1. The first kappa shape index (κ1) is 13.0. The second-order valence-corrected chi connectivity index (χ2v) is 4.21. The minimum absolute atomic E-state index is 0.0183. The molecule has 1 aliphatic rings. The highest BCUT2D eigenvalue weighted by Gasteiger charge is 2.16. The fourth-order valence-electron chi connectivity index (χ4n) is 1.77. The second kappa shape index (κ2) is 5.47. The number of nitrogens with zero attached hydrogens (tertiary/aromatic N) is 4. The number of hydrogen-bond acceptors (Lipinski definition) is 4. The van der Waals surface area contributed by atoms with Crippen molar-refractivity contribution in [2.24, 2.45) is 0 Å². The first-order valence-electron chi connectivity index (χ1n) is 5.88. The third kappa shape index (κ3) is 3.06. The van der Waals surface area contributed by atoms with Gasteiger partial charge in [-0.25, -0.2) is 0 Å². The van der Waals surface area contributed by atoms with E-state index < -0.39 is 4.92 Å². The molecule has 1 heterocycles. The minimum atomic E-state index is -0.538. The summed E-state index contributed by atoms with van der Waals surface area (Å²) >= 11 is 0. The standard InChI is InChI=1S/C12H14N4O3/c1-14(10-5-3-2-4-6-10)12(17)9-15-8-11(7-13-15)16(18)19/h3,5-8H,2,4,9H2,1H3. The summed E-state index contributed by atoms with van der Waals surface area (Å²) in [5.74, 6) is -0.171. The molecule has 0 unspecified atom stereocenters. The number of nitro groups is 1. The van der Waals surface area contributed by atoms with Gasteiger partial charge in [-0.1, -0.05) is 12.2 Å². The van der Waals surface area contributed by atoms with Crippen LogP contribution in [0.25, 0.3) is 0 Å². The Labute approximate surface area is 110 Å². The van der Waals surface area contributed by atoms with Gasteiger partial charge in [-0.3, -0.25) is 19.6 Å². The molecular formula is C12H14N4O3. The van der Waals surface area contributed by atoms with E-state index in [1.165, 1.54) is 15.8 Å². The van der Waals surface area contributed by atoms with E-state index in [9.17, 15) is 14.9 Å². The van der Waals surface area contributed by atoms with Crippen molar-refractivity contribution in [2.45, 2.75) is 19.4 Å². The van der Waals surface area contributed by atoms with Crippen molar-refractivity contribution >= 4 is 11.6 Å². The zero-order valence-corrected chi connectivity index (χ0v) is 10.5. The van der Waals surface area contributed by atoms with Gasteiger partial charge in [0.15, 0.2) is 0 Å². The van der Waals surface area contributed by atoms with E-state index in [4.69, 9.17) is 0 Å². The molecule has 0 aliphatic heterocycles. The Morgan fingerprint density at radius 2 is 2.37 bits per heavy atom. The molecule has 1 aliphatic carbocycles. The summed E-state index contributed by atoms with van der Waals surface area (Å²) in [5, 5.41) is 14.3.